The van der Waals surface area contributed by atoms with Gasteiger partial charge in [0.1, 0.15) is 0 Å². The highest BCUT2D eigenvalue weighted by atomic mass is 32.1. The van der Waals surface area contributed by atoms with Gasteiger partial charge >= 0.3 is 0 Å². The number of anilines is 1. The summed E-state index contributed by atoms with van der Waals surface area (Å²) in [5.74, 6) is 0.113. The molecular formula is C14H16N2OS2. The molecule has 0 unspecified atom stereocenters. The van der Waals surface area contributed by atoms with Crippen molar-refractivity contribution >= 4 is 33.7 Å². The Labute approximate surface area is 120 Å². The SMILES string of the molecule is Cc1cnc(NC(=O)C2(c3cccs3)CCCC2)s1. The van der Waals surface area contributed by atoms with Gasteiger partial charge in [0.25, 0.3) is 0 Å². The zero-order valence-electron chi connectivity index (χ0n) is 10.8. The zero-order chi connectivity index (χ0) is 13.3. The van der Waals surface area contributed by atoms with Gasteiger partial charge in [-0.05, 0) is 31.2 Å². The molecule has 1 aliphatic carbocycles. The van der Waals surface area contributed by atoms with Crippen molar-refractivity contribution in [2.45, 2.75) is 38.0 Å². The quantitative estimate of drug-likeness (QED) is 0.930. The van der Waals surface area contributed by atoms with Crippen molar-refractivity contribution in [2.75, 3.05) is 5.32 Å². The minimum Gasteiger partial charge on any atom is -0.301 e. The van der Waals surface area contributed by atoms with Gasteiger partial charge in [0.15, 0.2) is 5.13 Å². The molecule has 100 valence electrons. The van der Waals surface area contributed by atoms with Crippen LogP contribution >= 0.6 is 22.7 Å². The molecule has 1 amide bonds. The lowest BCUT2D eigenvalue weighted by molar-refractivity contribution is -0.121. The number of hydrogen-bond donors (Lipinski definition) is 1. The van der Waals surface area contributed by atoms with Crippen molar-refractivity contribution in [3.63, 3.8) is 0 Å². The molecule has 5 heteroatoms. The molecule has 3 nitrogen and oxygen atoms in total. The summed E-state index contributed by atoms with van der Waals surface area (Å²) in [6.45, 7) is 2.00. The van der Waals surface area contributed by atoms with Crippen molar-refractivity contribution in [1.29, 1.82) is 0 Å². The van der Waals surface area contributed by atoms with Gasteiger partial charge in [0, 0.05) is 16.0 Å². The van der Waals surface area contributed by atoms with E-state index in [1.807, 2.05) is 13.0 Å². The average molecular weight is 292 g/mol. The van der Waals surface area contributed by atoms with Gasteiger partial charge in [0.2, 0.25) is 5.91 Å². The van der Waals surface area contributed by atoms with E-state index in [2.05, 4.69) is 21.7 Å². The number of thiazole rings is 1. The highest BCUT2D eigenvalue weighted by molar-refractivity contribution is 7.15. The molecule has 0 aromatic carbocycles. The fourth-order valence-electron chi connectivity index (χ4n) is 2.74. The van der Waals surface area contributed by atoms with E-state index in [1.54, 1.807) is 17.5 Å². The fourth-order valence-corrected chi connectivity index (χ4v) is 4.39. The summed E-state index contributed by atoms with van der Waals surface area (Å²) in [6, 6.07) is 4.11. The highest BCUT2D eigenvalue weighted by Crippen LogP contribution is 2.44. The van der Waals surface area contributed by atoms with Crippen LogP contribution < -0.4 is 5.32 Å². The Morgan fingerprint density at radius 1 is 1.42 bits per heavy atom. The lowest BCUT2D eigenvalue weighted by Crippen LogP contribution is -2.37. The first-order valence-corrected chi connectivity index (χ1v) is 8.18. The van der Waals surface area contributed by atoms with E-state index in [-0.39, 0.29) is 11.3 Å². The van der Waals surface area contributed by atoms with Gasteiger partial charge in [0.05, 0.1) is 5.41 Å². The molecule has 1 aliphatic rings. The number of amides is 1. The molecule has 0 radical (unpaired) electrons. The zero-order valence-corrected chi connectivity index (χ0v) is 12.4. The maximum Gasteiger partial charge on any atom is 0.237 e. The molecule has 0 aliphatic heterocycles. The molecule has 0 saturated heterocycles. The minimum atomic E-state index is -0.326. The summed E-state index contributed by atoms with van der Waals surface area (Å²) in [6.07, 6.45) is 5.95. The number of aryl methyl sites for hydroxylation is 1. The smallest absolute Gasteiger partial charge is 0.237 e. The third-order valence-corrected chi connectivity index (χ3v) is 5.63. The van der Waals surface area contributed by atoms with E-state index in [0.717, 1.165) is 30.6 Å². The van der Waals surface area contributed by atoms with E-state index in [0.29, 0.717) is 5.13 Å². The largest absolute Gasteiger partial charge is 0.301 e. The molecule has 1 fully saturated rings. The fraction of sp³-hybridized carbons (Fsp3) is 0.429. The van der Waals surface area contributed by atoms with Crippen LogP contribution in [0.1, 0.15) is 35.4 Å². The van der Waals surface area contributed by atoms with Crippen LogP contribution in [0.5, 0.6) is 0 Å². The van der Waals surface area contributed by atoms with Crippen LogP contribution in [0.4, 0.5) is 5.13 Å². The molecular weight excluding hydrogens is 276 g/mol. The maximum absolute atomic E-state index is 12.7. The molecule has 19 heavy (non-hydrogen) atoms. The first-order chi connectivity index (χ1) is 9.21. The van der Waals surface area contributed by atoms with Crippen molar-refractivity contribution in [1.82, 2.24) is 4.98 Å². The summed E-state index contributed by atoms with van der Waals surface area (Å²) in [5, 5.41) is 5.77. The number of nitrogens with one attached hydrogen (secondary N) is 1. The van der Waals surface area contributed by atoms with E-state index in [9.17, 15) is 4.79 Å². The standard InChI is InChI=1S/C14H16N2OS2/c1-10-9-15-13(19-10)16-12(17)14(6-2-3-7-14)11-5-4-8-18-11/h4-5,8-9H,2-3,6-7H2,1H3,(H,15,16,17). The molecule has 0 spiro atoms. The molecule has 1 N–H and O–H groups in total. The van der Waals surface area contributed by atoms with E-state index >= 15 is 0 Å². The van der Waals surface area contributed by atoms with Gasteiger partial charge in [-0.1, -0.05) is 18.9 Å². The minimum absolute atomic E-state index is 0.113. The van der Waals surface area contributed by atoms with Gasteiger partial charge in [-0.25, -0.2) is 4.98 Å². The Morgan fingerprint density at radius 2 is 2.21 bits per heavy atom. The molecule has 2 heterocycles. The Morgan fingerprint density at radius 3 is 2.79 bits per heavy atom. The first kappa shape index (κ1) is 12.8. The van der Waals surface area contributed by atoms with Crippen molar-refractivity contribution < 1.29 is 4.79 Å². The predicted molar refractivity (Wildman–Crippen MR) is 79.9 cm³/mol. The summed E-state index contributed by atoms with van der Waals surface area (Å²) in [5.41, 5.74) is -0.326. The Hall–Kier alpha value is -1.20. The Bertz CT molecular complexity index is 568. The second-order valence-electron chi connectivity index (χ2n) is 5.00. The van der Waals surface area contributed by atoms with Crippen molar-refractivity contribution in [3.8, 4) is 0 Å². The molecule has 0 bridgehead atoms. The second kappa shape index (κ2) is 5.06. The molecule has 1 saturated carbocycles. The number of thiophene rings is 1. The first-order valence-electron chi connectivity index (χ1n) is 6.49. The normalized spacial score (nSPS) is 17.5. The average Bonchev–Trinajstić information content (AvgIpc) is 3.09. The third kappa shape index (κ3) is 2.32. The number of carbonyl (C=O) groups is 1. The van der Waals surface area contributed by atoms with Crippen LogP contribution in [0, 0.1) is 6.92 Å². The summed E-state index contributed by atoms with van der Waals surface area (Å²) < 4.78 is 0. The van der Waals surface area contributed by atoms with Crippen LogP contribution in [0.3, 0.4) is 0 Å². The molecule has 2 aromatic rings. The van der Waals surface area contributed by atoms with Crippen molar-refractivity contribution in [3.05, 3.63) is 33.5 Å². The third-order valence-electron chi connectivity index (χ3n) is 3.73. The molecule has 0 atom stereocenters. The van der Waals surface area contributed by atoms with Gasteiger partial charge in [-0.2, -0.15) is 0 Å². The number of aromatic nitrogens is 1. The summed E-state index contributed by atoms with van der Waals surface area (Å²) in [7, 11) is 0. The van der Waals surface area contributed by atoms with Gasteiger partial charge in [-0.3, -0.25) is 4.79 Å². The van der Waals surface area contributed by atoms with Gasteiger partial charge in [-0.15, -0.1) is 22.7 Å². The van der Waals surface area contributed by atoms with Crippen LogP contribution in [0.15, 0.2) is 23.7 Å². The van der Waals surface area contributed by atoms with E-state index < -0.39 is 0 Å². The van der Waals surface area contributed by atoms with Gasteiger partial charge < -0.3 is 5.32 Å². The lowest BCUT2D eigenvalue weighted by atomic mass is 9.83. The van der Waals surface area contributed by atoms with Crippen molar-refractivity contribution in [2.24, 2.45) is 0 Å². The number of carbonyl (C=O) groups excluding carboxylic acids is 1. The summed E-state index contributed by atoms with van der Waals surface area (Å²) in [4.78, 5) is 19.2. The Kier molecular flexibility index (Phi) is 3.41. The monoisotopic (exact) mass is 292 g/mol. The Balaban J connectivity index is 1.86. The number of hydrogen-bond acceptors (Lipinski definition) is 4. The van der Waals surface area contributed by atoms with E-state index in [4.69, 9.17) is 0 Å². The lowest BCUT2D eigenvalue weighted by Gasteiger charge is -2.25. The topological polar surface area (TPSA) is 42.0 Å². The maximum atomic E-state index is 12.7. The number of rotatable bonds is 3. The highest BCUT2D eigenvalue weighted by Gasteiger charge is 2.43. The number of nitrogens with zero attached hydrogens (tertiary/aromatic N) is 1. The molecule has 2 aromatic heterocycles. The van der Waals surface area contributed by atoms with Crippen LogP contribution in [0.25, 0.3) is 0 Å². The second-order valence-corrected chi connectivity index (χ2v) is 7.18. The summed E-state index contributed by atoms with van der Waals surface area (Å²) >= 11 is 3.22. The van der Waals surface area contributed by atoms with Crippen LogP contribution in [0.2, 0.25) is 0 Å². The van der Waals surface area contributed by atoms with E-state index in [1.165, 1.54) is 16.2 Å². The molecule has 3 rings (SSSR count). The van der Waals surface area contributed by atoms with Crippen LogP contribution in [-0.2, 0) is 10.2 Å². The predicted octanol–water partition coefficient (Wildman–Crippen LogP) is 3.96. The van der Waals surface area contributed by atoms with Crippen LogP contribution in [-0.4, -0.2) is 10.9 Å².